The fourth-order valence-corrected chi connectivity index (χ4v) is 11.0. The first-order valence-electron chi connectivity index (χ1n) is 24.6. The molecule has 4 aliphatic heterocycles. The molecule has 4 heterocycles. The van der Waals surface area contributed by atoms with Crippen molar-refractivity contribution < 1.29 is 47.6 Å². The predicted molar refractivity (Wildman–Crippen MR) is 290 cm³/mol. The Balaban J connectivity index is 0.000000182. The third-order valence-electron chi connectivity index (χ3n) is 14.3. The van der Waals surface area contributed by atoms with Crippen molar-refractivity contribution in [3.05, 3.63) is 129 Å². The lowest BCUT2D eigenvalue weighted by Crippen LogP contribution is -2.65. The van der Waals surface area contributed by atoms with Crippen LogP contribution in [-0.2, 0) is 41.7 Å². The number of amides is 4. The zero-order valence-corrected chi connectivity index (χ0v) is 44.8. The van der Waals surface area contributed by atoms with Crippen molar-refractivity contribution in [2.45, 2.75) is 88.0 Å². The van der Waals surface area contributed by atoms with Crippen molar-refractivity contribution >= 4 is 88.4 Å². The molecule has 6 N–H and O–H groups in total. The van der Waals surface area contributed by atoms with E-state index in [9.17, 15) is 19.2 Å². The molecule has 6 aromatic carbocycles. The molecule has 10 rings (SSSR count). The van der Waals surface area contributed by atoms with Gasteiger partial charge < -0.3 is 60.3 Å². The van der Waals surface area contributed by atoms with E-state index in [1.165, 1.54) is 0 Å². The Hall–Kier alpha value is -6.28. The van der Waals surface area contributed by atoms with E-state index in [0.29, 0.717) is 86.5 Å². The smallest absolute Gasteiger partial charge is 0.254 e. The monoisotopic (exact) mass is 1130 g/mol. The molecular weight excluding hydrogens is 1080 g/mol. The average Bonchev–Trinajstić information content (AvgIpc) is 3.54. The molecule has 2 spiro atoms. The molecule has 4 amide bonds. The molecule has 2 saturated heterocycles. The summed E-state index contributed by atoms with van der Waals surface area (Å²) >= 11 is 7.08. The second-order valence-electron chi connectivity index (χ2n) is 19.0. The molecule has 4 atom stereocenters. The van der Waals surface area contributed by atoms with Crippen molar-refractivity contribution in [1.29, 1.82) is 0 Å². The van der Waals surface area contributed by atoms with Gasteiger partial charge >= 0.3 is 0 Å². The molecule has 0 saturated carbocycles. The summed E-state index contributed by atoms with van der Waals surface area (Å²) in [7, 11) is 3.24. The maximum absolute atomic E-state index is 14.4. The van der Waals surface area contributed by atoms with Gasteiger partial charge in [0.25, 0.3) is 11.8 Å². The highest BCUT2D eigenvalue weighted by atomic mass is 79.9. The largest absolute Gasteiger partial charge is 0.496 e. The highest BCUT2D eigenvalue weighted by molar-refractivity contribution is 9.10. The summed E-state index contributed by atoms with van der Waals surface area (Å²) in [6.45, 7) is 5.33. The fraction of sp³-hybridized carbons (Fsp3) is 0.357. The number of fused-ring (bicyclic) bond motifs is 4. The minimum absolute atomic E-state index is 0.221. The number of rotatable bonds is 10. The third kappa shape index (κ3) is 10.5. The molecular formula is C56H60Br2N6O10. The summed E-state index contributed by atoms with van der Waals surface area (Å²) < 4.78 is 37.9. The quantitative estimate of drug-likeness (QED) is 0.104. The lowest BCUT2D eigenvalue weighted by atomic mass is 9.84. The maximum atomic E-state index is 14.4. The number of anilines is 2. The minimum atomic E-state index is -0.960. The number of benzene rings is 6. The van der Waals surface area contributed by atoms with Crippen molar-refractivity contribution in [3.63, 3.8) is 0 Å². The first kappa shape index (κ1) is 52.6. The van der Waals surface area contributed by atoms with Crippen LogP contribution in [0.1, 0.15) is 50.7 Å². The third-order valence-corrected chi connectivity index (χ3v) is 15.3. The fourth-order valence-electron chi connectivity index (χ4n) is 10.3. The molecule has 6 aromatic rings. The van der Waals surface area contributed by atoms with Crippen LogP contribution in [0.5, 0.6) is 23.0 Å². The van der Waals surface area contributed by atoms with Gasteiger partial charge in [0, 0.05) is 45.8 Å². The summed E-state index contributed by atoms with van der Waals surface area (Å²) in [5, 5.41) is 9.80. The van der Waals surface area contributed by atoms with Gasteiger partial charge in [-0.2, -0.15) is 0 Å². The van der Waals surface area contributed by atoms with Gasteiger partial charge in [0.1, 0.15) is 46.3 Å². The average molecular weight is 1140 g/mol. The van der Waals surface area contributed by atoms with Crippen LogP contribution >= 0.6 is 31.9 Å². The summed E-state index contributed by atoms with van der Waals surface area (Å²) in [5.74, 6) is 1.14. The molecule has 0 radical (unpaired) electrons. The van der Waals surface area contributed by atoms with E-state index in [4.69, 9.17) is 39.9 Å². The Morgan fingerprint density at radius 1 is 0.608 bits per heavy atom. The number of halogens is 2. The number of nitrogens with two attached hydrogens (primary N) is 2. The maximum Gasteiger partial charge on any atom is 0.254 e. The Morgan fingerprint density at radius 2 is 0.986 bits per heavy atom. The molecule has 0 aromatic heterocycles. The van der Waals surface area contributed by atoms with Gasteiger partial charge in [-0.1, -0.05) is 80.4 Å². The van der Waals surface area contributed by atoms with E-state index in [1.54, 1.807) is 37.9 Å². The van der Waals surface area contributed by atoms with Crippen LogP contribution in [0.4, 0.5) is 11.4 Å². The zero-order chi connectivity index (χ0) is 52.3. The number of carbonyl (C=O) groups excluding carboxylic acids is 4. The normalized spacial score (nSPS) is 19.6. The predicted octanol–water partition coefficient (Wildman–Crippen LogP) is 7.84. The summed E-state index contributed by atoms with van der Waals surface area (Å²) in [5.41, 5.74) is 12.8. The number of nitrogens with zero attached hydrogens (tertiary/aromatic N) is 2. The van der Waals surface area contributed by atoms with Crippen LogP contribution in [0.3, 0.4) is 0 Å². The molecule has 0 bridgehead atoms. The molecule has 2 fully saturated rings. The van der Waals surface area contributed by atoms with E-state index in [-0.39, 0.29) is 24.9 Å². The number of carbonyl (C=O) groups is 4. The van der Waals surface area contributed by atoms with Gasteiger partial charge in [0.2, 0.25) is 11.8 Å². The second kappa shape index (κ2) is 22.3. The van der Waals surface area contributed by atoms with Crippen LogP contribution < -0.4 is 50.8 Å². The van der Waals surface area contributed by atoms with E-state index in [0.717, 1.165) is 41.6 Å². The standard InChI is InChI=1S/2C28H30BrN3O5/c2*1-17(30)26(33)31-25-27(34)32(16-21-20-9-8-19(29)15-18(20)7-10-23(21)35-2)22-5-3-4-6-24(22)37-28(25)11-13-36-14-12-28/h2*3-10,15,17,25H,11-14,16,30H2,1-2H3,(H,31,33)/t17-,25+;17-,25-/m00/s1. The first-order chi connectivity index (χ1) is 35.7. The topological polar surface area (TPSA) is 206 Å². The Morgan fingerprint density at radius 3 is 1.35 bits per heavy atom. The van der Waals surface area contributed by atoms with Crippen LogP contribution in [0, 0.1) is 0 Å². The number of ether oxygens (including phenoxy) is 6. The van der Waals surface area contributed by atoms with Crippen molar-refractivity contribution in [3.8, 4) is 23.0 Å². The van der Waals surface area contributed by atoms with Crippen molar-refractivity contribution in [1.82, 2.24) is 10.6 Å². The molecule has 388 valence electrons. The second-order valence-corrected chi connectivity index (χ2v) is 20.9. The number of methoxy groups -OCH3 is 2. The summed E-state index contributed by atoms with van der Waals surface area (Å²) in [4.78, 5) is 57.9. The first-order valence-corrected chi connectivity index (χ1v) is 26.2. The van der Waals surface area contributed by atoms with Gasteiger partial charge in [-0.05, 0) is 96.1 Å². The van der Waals surface area contributed by atoms with Crippen LogP contribution in [0.15, 0.2) is 118 Å². The highest BCUT2D eigenvalue weighted by Crippen LogP contribution is 2.45. The zero-order valence-electron chi connectivity index (χ0n) is 41.7. The van der Waals surface area contributed by atoms with Crippen LogP contribution in [-0.4, -0.2) is 99.6 Å². The van der Waals surface area contributed by atoms with Gasteiger partial charge in [0.15, 0.2) is 0 Å². The Bertz CT molecular complexity index is 2880. The van der Waals surface area contributed by atoms with E-state index in [2.05, 4.69) is 42.5 Å². The van der Waals surface area contributed by atoms with Crippen molar-refractivity contribution in [2.24, 2.45) is 11.5 Å². The lowest BCUT2D eigenvalue weighted by Gasteiger charge is -2.41. The highest BCUT2D eigenvalue weighted by Gasteiger charge is 2.53. The van der Waals surface area contributed by atoms with Crippen molar-refractivity contribution in [2.75, 3.05) is 50.4 Å². The summed E-state index contributed by atoms with van der Waals surface area (Å²) in [6.07, 6.45) is 1.82. The molecule has 4 aliphatic rings. The molecule has 16 nitrogen and oxygen atoms in total. The molecule has 0 unspecified atom stereocenters. The minimum Gasteiger partial charge on any atom is -0.496 e. The summed E-state index contributed by atoms with van der Waals surface area (Å²) in [6, 6.07) is 31.3. The number of para-hydroxylation sites is 4. The Labute approximate surface area is 446 Å². The number of hydrogen-bond acceptors (Lipinski definition) is 12. The van der Waals surface area contributed by atoms with E-state index in [1.807, 2.05) is 109 Å². The molecule has 0 aliphatic carbocycles. The number of hydrogen-bond donors (Lipinski definition) is 4. The molecule has 18 heteroatoms. The van der Waals surface area contributed by atoms with Gasteiger partial charge in [0.05, 0.1) is 77.2 Å². The Kier molecular flexibility index (Phi) is 15.8. The van der Waals surface area contributed by atoms with Crippen LogP contribution in [0.25, 0.3) is 21.5 Å². The lowest BCUT2D eigenvalue weighted by molar-refractivity contribution is -0.137. The van der Waals surface area contributed by atoms with E-state index < -0.39 is 47.2 Å². The van der Waals surface area contributed by atoms with Gasteiger partial charge in [-0.15, -0.1) is 0 Å². The van der Waals surface area contributed by atoms with E-state index >= 15 is 0 Å². The SMILES string of the molecule is COc1ccc2cc(Br)ccc2c1CN1C(=O)[C@@H](NC(=O)[C@H](C)N)C2(CCOCC2)Oc2ccccc21.COc1ccc2cc(Br)ccc2c1CN1C(=O)[C@H](NC(=O)[C@H](C)N)C2(CCOCC2)Oc2ccccc21. The van der Waals surface area contributed by atoms with Gasteiger partial charge in [-0.25, -0.2) is 0 Å². The number of nitrogens with one attached hydrogen (secondary N) is 2. The molecule has 74 heavy (non-hydrogen) atoms. The van der Waals surface area contributed by atoms with Crippen LogP contribution in [0.2, 0.25) is 0 Å². The van der Waals surface area contributed by atoms with Gasteiger partial charge in [-0.3, -0.25) is 19.2 Å².